The number of fused-ring (bicyclic) bond motifs is 1. The van der Waals surface area contributed by atoms with Crippen molar-refractivity contribution >= 4 is 22.5 Å². The quantitative estimate of drug-likeness (QED) is 0.658. The molecule has 0 radical (unpaired) electrons. The van der Waals surface area contributed by atoms with Crippen molar-refractivity contribution in [3.63, 3.8) is 0 Å². The van der Waals surface area contributed by atoms with Gasteiger partial charge in [-0.3, -0.25) is 9.59 Å². The Balaban J connectivity index is 0.000000941. The summed E-state index contributed by atoms with van der Waals surface area (Å²) in [5.41, 5.74) is 7.90. The molecule has 1 aliphatic rings. The van der Waals surface area contributed by atoms with E-state index in [1.165, 1.54) is 0 Å². The molecule has 1 atom stereocenters. The number of ether oxygens (including phenoxy) is 1. The molecule has 0 saturated carbocycles. The number of hydrogen-bond acceptors (Lipinski definition) is 6. The molecule has 8 nitrogen and oxygen atoms in total. The maximum Gasteiger partial charge on any atom is 0.255 e. The second-order valence-corrected chi connectivity index (χ2v) is 6.88. The lowest BCUT2D eigenvalue weighted by atomic mass is 10.1. The molecule has 0 bridgehead atoms. The molecule has 29 heavy (non-hydrogen) atoms. The van der Waals surface area contributed by atoms with Gasteiger partial charge in [-0.05, 0) is 44.4 Å². The molecular weight excluding hydrogens is 372 g/mol. The minimum atomic E-state index is -0.483. The maximum atomic E-state index is 12.9. The van der Waals surface area contributed by atoms with E-state index in [-0.39, 0.29) is 12.2 Å². The van der Waals surface area contributed by atoms with Crippen LogP contribution in [0.4, 0.5) is 5.69 Å². The van der Waals surface area contributed by atoms with Crippen molar-refractivity contribution in [3.8, 4) is 0 Å². The molecule has 0 aliphatic carbocycles. The molecule has 1 unspecified atom stereocenters. The van der Waals surface area contributed by atoms with Crippen LogP contribution in [0.1, 0.15) is 26.3 Å². The van der Waals surface area contributed by atoms with Gasteiger partial charge in [-0.25, -0.2) is 0 Å². The second-order valence-electron chi connectivity index (χ2n) is 6.88. The van der Waals surface area contributed by atoms with Crippen molar-refractivity contribution in [3.05, 3.63) is 40.2 Å². The van der Waals surface area contributed by atoms with Crippen LogP contribution >= 0.6 is 0 Å². The lowest BCUT2D eigenvalue weighted by molar-refractivity contribution is -0.119. The van der Waals surface area contributed by atoms with E-state index in [1.54, 1.807) is 18.4 Å². The number of amides is 1. The fraction of sp³-hybridized carbons (Fsp3) is 0.524. The van der Waals surface area contributed by atoms with E-state index in [0.29, 0.717) is 18.7 Å². The number of benzene rings is 1. The number of aromatic nitrogens is 1. The first-order valence-electron chi connectivity index (χ1n) is 10.1. The summed E-state index contributed by atoms with van der Waals surface area (Å²) in [5, 5.41) is 11.6. The van der Waals surface area contributed by atoms with Gasteiger partial charge >= 0.3 is 0 Å². The van der Waals surface area contributed by atoms with E-state index < -0.39 is 11.9 Å². The Kier molecular flexibility index (Phi) is 8.63. The standard InChI is InChI=1S/C19H26N4O3.C2H6O/c1-3-23-17-11-16(22-6-8-26-9-7-22)5-4-14(17)10-15(19(23)25)12-21-13(2)18(20)24;1-2-3/h4-5,10-11,13,21H,3,6-9,12H2,1-2H3,(H2,20,24);3H,2H2,1H3. The first-order valence-corrected chi connectivity index (χ1v) is 10.1. The SMILES string of the molecule is CCO.CCn1c(=O)c(CNC(C)C(N)=O)cc2ccc(N3CCOCC3)cc21. The number of morpholine rings is 1. The highest BCUT2D eigenvalue weighted by molar-refractivity contribution is 5.83. The van der Waals surface area contributed by atoms with Gasteiger partial charge < -0.3 is 30.4 Å². The van der Waals surface area contributed by atoms with Crippen molar-refractivity contribution in [2.24, 2.45) is 5.73 Å². The lowest BCUT2D eigenvalue weighted by Crippen LogP contribution is -2.39. The highest BCUT2D eigenvalue weighted by Gasteiger charge is 2.15. The smallest absolute Gasteiger partial charge is 0.255 e. The number of rotatable bonds is 6. The number of nitrogens with zero attached hydrogens (tertiary/aromatic N) is 2. The third kappa shape index (κ3) is 5.79. The molecule has 1 aromatic heterocycles. The van der Waals surface area contributed by atoms with Crippen molar-refractivity contribution in [2.75, 3.05) is 37.8 Å². The number of nitrogens with one attached hydrogen (secondary N) is 1. The zero-order chi connectivity index (χ0) is 21.4. The van der Waals surface area contributed by atoms with E-state index >= 15 is 0 Å². The normalized spacial score (nSPS) is 15.0. The number of nitrogens with two attached hydrogens (primary N) is 1. The van der Waals surface area contributed by atoms with Gasteiger partial charge in [0.25, 0.3) is 5.56 Å². The van der Waals surface area contributed by atoms with Gasteiger partial charge in [0, 0.05) is 44.0 Å². The fourth-order valence-corrected chi connectivity index (χ4v) is 3.24. The molecular formula is C21H32N4O4. The molecule has 1 fully saturated rings. The number of hydrogen-bond donors (Lipinski definition) is 3. The summed E-state index contributed by atoms with van der Waals surface area (Å²) in [4.78, 5) is 26.3. The number of pyridine rings is 1. The van der Waals surface area contributed by atoms with Crippen molar-refractivity contribution < 1.29 is 14.6 Å². The number of aliphatic hydroxyl groups is 1. The molecule has 0 spiro atoms. The largest absolute Gasteiger partial charge is 0.397 e. The molecule has 1 aromatic carbocycles. The van der Waals surface area contributed by atoms with E-state index in [2.05, 4.69) is 22.3 Å². The minimum absolute atomic E-state index is 0.0386. The van der Waals surface area contributed by atoms with Crippen LogP contribution in [-0.2, 0) is 22.6 Å². The van der Waals surface area contributed by atoms with Crippen LogP contribution < -0.4 is 21.5 Å². The monoisotopic (exact) mass is 404 g/mol. The van der Waals surface area contributed by atoms with Crippen molar-refractivity contribution in [1.82, 2.24) is 9.88 Å². The molecule has 4 N–H and O–H groups in total. The molecule has 1 amide bonds. The number of carbonyl (C=O) groups excluding carboxylic acids is 1. The predicted octanol–water partition coefficient (Wildman–Crippen LogP) is 0.820. The van der Waals surface area contributed by atoms with Crippen LogP contribution in [-0.4, -0.2) is 54.5 Å². The van der Waals surface area contributed by atoms with Crippen LogP contribution in [0.3, 0.4) is 0 Å². The maximum absolute atomic E-state index is 12.9. The Morgan fingerprint density at radius 2 is 1.93 bits per heavy atom. The Hall–Kier alpha value is -2.42. The summed E-state index contributed by atoms with van der Waals surface area (Å²) in [6, 6.07) is 7.63. The zero-order valence-corrected chi connectivity index (χ0v) is 17.5. The number of carbonyl (C=O) groups is 1. The Bertz CT molecular complexity index is 875. The summed E-state index contributed by atoms with van der Waals surface area (Å²) in [7, 11) is 0. The first kappa shape index (κ1) is 22.9. The third-order valence-corrected chi connectivity index (χ3v) is 4.87. The topological polar surface area (TPSA) is 110 Å². The van der Waals surface area contributed by atoms with Gasteiger partial charge in [-0.2, -0.15) is 0 Å². The average Bonchev–Trinajstić information content (AvgIpc) is 2.73. The van der Waals surface area contributed by atoms with Crippen LogP contribution in [0.15, 0.2) is 29.1 Å². The summed E-state index contributed by atoms with van der Waals surface area (Å²) < 4.78 is 7.20. The van der Waals surface area contributed by atoms with Gasteiger partial charge in [0.15, 0.2) is 0 Å². The van der Waals surface area contributed by atoms with Crippen molar-refractivity contribution in [2.45, 2.75) is 39.9 Å². The van der Waals surface area contributed by atoms with Crippen LogP contribution in [0.5, 0.6) is 0 Å². The molecule has 2 heterocycles. The van der Waals surface area contributed by atoms with E-state index in [0.717, 1.165) is 42.9 Å². The summed E-state index contributed by atoms with van der Waals surface area (Å²) >= 11 is 0. The minimum Gasteiger partial charge on any atom is -0.397 e. The number of aliphatic hydroxyl groups excluding tert-OH is 1. The Labute approximate surface area is 171 Å². The van der Waals surface area contributed by atoms with E-state index in [1.807, 2.05) is 19.1 Å². The second kappa shape index (κ2) is 10.9. The summed E-state index contributed by atoms with van der Waals surface area (Å²) in [5.74, 6) is -0.434. The highest BCUT2D eigenvalue weighted by Crippen LogP contribution is 2.23. The predicted molar refractivity (Wildman–Crippen MR) is 115 cm³/mol. The van der Waals surface area contributed by atoms with Crippen LogP contribution in [0, 0.1) is 0 Å². The van der Waals surface area contributed by atoms with E-state index in [4.69, 9.17) is 15.6 Å². The van der Waals surface area contributed by atoms with Crippen LogP contribution in [0.2, 0.25) is 0 Å². The van der Waals surface area contributed by atoms with Gasteiger partial charge in [0.05, 0.1) is 24.8 Å². The van der Waals surface area contributed by atoms with Crippen molar-refractivity contribution in [1.29, 1.82) is 0 Å². The average molecular weight is 405 g/mol. The highest BCUT2D eigenvalue weighted by atomic mass is 16.5. The number of primary amides is 1. The number of anilines is 1. The van der Waals surface area contributed by atoms with Gasteiger partial charge in [-0.15, -0.1) is 0 Å². The van der Waals surface area contributed by atoms with Crippen LogP contribution in [0.25, 0.3) is 10.9 Å². The molecule has 160 valence electrons. The molecule has 2 aromatic rings. The fourth-order valence-electron chi connectivity index (χ4n) is 3.24. The molecule has 1 aliphatic heterocycles. The lowest BCUT2D eigenvalue weighted by Gasteiger charge is -2.29. The first-order chi connectivity index (χ1) is 13.9. The summed E-state index contributed by atoms with van der Waals surface area (Å²) in [6.45, 7) is 9.64. The number of aryl methyl sites for hydroxylation is 1. The van der Waals surface area contributed by atoms with Gasteiger partial charge in [0.2, 0.25) is 5.91 Å². The van der Waals surface area contributed by atoms with Gasteiger partial charge in [0.1, 0.15) is 0 Å². The van der Waals surface area contributed by atoms with Gasteiger partial charge in [-0.1, -0.05) is 6.07 Å². The Morgan fingerprint density at radius 1 is 1.28 bits per heavy atom. The molecule has 1 saturated heterocycles. The Morgan fingerprint density at radius 3 is 2.52 bits per heavy atom. The van der Waals surface area contributed by atoms with E-state index in [9.17, 15) is 9.59 Å². The third-order valence-electron chi connectivity index (χ3n) is 4.87. The summed E-state index contributed by atoms with van der Waals surface area (Å²) in [6.07, 6.45) is 0. The molecule has 3 rings (SSSR count). The zero-order valence-electron chi connectivity index (χ0n) is 17.5. The molecule has 8 heteroatoms.